The van der Waals surface area contributed by atoms with E-state index in [2.05, 4.69) is 4.98 Å². The van der Waals surface area contributed by atoms with Crippen molar-refractivity contribution in [2.24, 2.45) is 0 Å². The van der Waals surface area contributed by atoms with Crippen molar-refractivity contribution >= 4 is 0 Å². The van der Waals surface area contributed by atoms with E-state index in [1.807, 2.05) is 6.07 Å². The van der Waals surface area contributed by atoms with Gasteiger partial charge in [0.05, 0.1) is 11.6 Å². The van der Waals surface area contributed by atoms with Gasteiger partial charge < -0.3 is 0 Å². The fraction of sp³-hybridized carbons (Fsp3) is 0.0769. The molecule has 2 rings (SSSR count). The second-order valence-corrected chi connectivity index (χ2v) is 3.62. The maximum absolute atomic E-state index is 12.5. The minimum absolute atomic E-state index is 0.384. The topological polar surface area (TPSA) is 36.7 Å². The Bertz CT molecular complexity index is 612. The molecule has 1 aromatic heterocycles. The van der Waals surface area contributed by atoms with Crippen LogP contribution in [0.25, 0.3) is 11.1 Å². The first-order valence-electron chi connectivity index (χ1n) is 5.04. The summed E-state index contributed by atoms with van der Waals surface area (Å²) < 4.78 is 37.5. The molecule has 0 saturated carbocycles. The van der Waals surface area contributed by atoms with Crippen LogP contribution in [0.4, 0.5) is 13.2 Å². The predicted molar refractivity (Wildman–Crippen MR) is 59.4 cm³/mol. The van der Waals surface area contributed by atoms with Crippen molar-refractivity contribution in [3.8, 4) is 17.2 Å². The van der Waals surface area contributed by atoms with Gasteiger partial charge in [-0.2, -0.15) is 18.4 Å². The molecule has 0 amide bonds. The number of alkyl halides is 3. The van der Waals surface area contributed by atoms with Gasteiger partial charge >= 0.3 is 6.18 Å². The fourth-order valence-electron chi connectivity index (χ4n) is 1.53. The number of nitriles is 1. The van der Waals surface area contributed by atoms with E-state index in [0.717, 1.165) is 12.3 Å². The highest BCUT2D eigenvalue weighted by Crippen LogP contribution is 2.30. The van der Waals surface area contributed by atoms with Crippen molar-refractivity contribution in [2.45, 2.75) is 6.18 Å². The average Bonchev–Trinajstić information content (AvgIpc) is 2.38. The Morgan fingerprint density at radius 3 is 2.44 bits per heavy atom. The smallest absolute Gasteiger partial charge is 0.252 e. The molecule has 0 aliphatic carbocycles. The summed E-state index contributed by atoms with van der Waals surface area (Å²) in [5, 5.41) is 8.75. The summed E-state index contributed by atoms with van der Waals surface area (Å²) in [7, 11) is 0. The van der Waals surface area contributed by atoms with Gasteiger partial charge in [-0.15, -0.1) is 0 Å². The molecule has 0 radical (unpaired) electrons. The number of hydrogen-bond donors (Lipinski definition) is 0. The number of hydrogen-bond acceptors (Lipinski definition) is 2. The number of pyridine rings is 1. The highest BCUT2D eigenvalue weighted by atomic mass is 19.4. The summed E-state index contributed by atoms with van der Waals surface area (Å²) in [6.07, 6.45) is -3.36. The molecule has 90 valence electrons. The maximum Gasteiger partial charge on any atom is 0.433 e. The molecule has 0 saturated heterocycles. The van der Waals surface area contributed by atoms with E-state index in [1.165, 1.54) is 12.1 Å². The van der Waals surface area contributed by atoms with E-state index < -0.39 is 11.9 Å². The minimum Gasteiger partial charge on any atom is -0.252 e. The highest BCUT2D eigenvalue weighted by Gasteiger charge is 2.32. The van der Waals surface area contributed by atoms with Crippen molar-refractivity contribution in [1.29, 1.82) is 5.26 Å². The molecule has 0 unspecified atom stereocenters. The Morgan fingerprint density at radius 2 is 1.78 bits per heavy atom. The van der Waals surface area contributed by atoms with E-state index in [9.17, 15) is 13.2 Å². The van der Waals surface area contributed by atoms with Crippen LogP contribution in [-0.4, -0.2) is 4.98 Å². The molecule has 0 N–H and O–H groups in total. The summed E-state index contributed by atoms with van der Waals surface area (Å²) in [4.78, 5) is 3.29. The molecule has 5 heteroatoms. The quantitative estimate of drug-likeness (QED) is 0.772. The minimum atomic E-state index is -4.47. The lowest BCUT2D eigenvalue weighted by Gasteiger charge is -2.07. The third kappa shape index (κ3) is 2.48. The van der Waals surface area contributed by atoms with Crippen molar-refractivity contribution in [3.05, 3.63) is 53.9 Å². The number of nitrogens with zero attached hydrogens (tertiary/aromatic N) is 2. The molecule has 0 atom stereocenters. The van der Waals surface area contributed by atoms with Crippen molar-refractivity contribution in [3.63, 3.8) is 0 Å². The molecular formula is C13H7F3N2. The molecule has 0 fully saturated rings. The normalized spacial score (nSPS) is 11.0. The van der Waals surface area contributed by atoms with Gasteiger partial charge in [-0.05, 0) is 35.4 Å². The molecule has 18 heavy (non-hydrogen) atoms. The Hall–Kier alpha value is -2.35. The van der Waals surface area contributed by atoms with Gasteiger partial charge in [-0.3, -0.25) is 4.98 Å². The largest absolute Gasteiger partial charge is 0.433 e. The van der Waals surface area contributed by atoms with Gasteiger partial charge in [0.2, 0.25) is 0 Å². The Balaban J connectivity index is 2.48. The van der Waals surface area contributed by atoms with Gasteiger partial charge in [0, 0.05) is 6.20 Å². The molecule has 0 spiro atoms. The van der Waals surface area contributed by atoms with Gasteiger partial charge in [0.15, 0.2) is 0 Å². The van der Waals surface area contributed by atoms with Crippen molar-refractivity contribution < 1.29 is 13.2 Å². The van der Waals surface area contributed by atoms with Gasteiger partial charge in [-0.1, -0.05) is 12.1 Å². The highest BCUT2D eigenvalue weighted by molar-refractivity contribution is 5.65. The van der Waals surface area contributed by atoms with Crippen LogP contribution in [0.5, 0.6) is 0 Å². The summed E-state index contributed by atoms with van der Waals surface area (Å²) >= 11 is 0. The third-order valence-corrected chi connectivity index (χ3v) is 2.38. The van der Waals surface area contributed by atoms with Crippen LogP contribution in [0.15, 0.2) is 42.6 Å². The zero-order valence-electron chi connectivity index (χ0n) is 9.07. The Kier molecular flexibility index (Phi) is 3.02. The Labute approximate surface area is 101 Å². The fourth-order valence-corrected chi connectivity index (χ4v) is 1.53. The second-order valence-electron chi connectivity index (χ2n) is 3.62. The summed E-state index contributed by atoms with van der Waals surface area (Å²) in [5.74, 6) is 0. The molecule has 1 aromatic carbocycles. The van der Waals surface area contributed by atoms with Crippen LogP contribution in [0.2, 0.25) is 0 Å². The lowest BCUT2D eigenvalue weighted by Crippen LogP contribution is -2.07. The van der Waals surface area contributed by atoms with Gasteiger partial charge in [0.1, 0.15) is 5.69 Å². The van der Waals surface area contributed by atoms with Crippen LogP contribution in [0, 0.1) is 11.3 Å². The Morgan fingerprint density at radius 1 is 1.06 bits per heavy atom. The van der Waals surface area contributed by atoms with Crippen LogP contribution < -0.4 is 0 Å². The van der Waals surface area contributed by atoms with E-state index in [1.54, 1.807) is 18.2 Å². The summed E-state index contributed by atoms with van der Waals surface area (Å²) in [6.45, 7) is 0. The monoisotopic (exact) mass is 248 g/mol. The number of rotatable bonds is 1. The van der Waals surface area contributed by atoms with Crippen LogP contribution in [0.3, 0.4) is 0 Å². The zero-order valence-corrected chi connectivity index (χ0v) is 9.07. The first-order chi connectivity index (χ1) is 8.50. The summed E-state index contributed by atoms with van der Waals surface area (Å²) in [6, 6.07) is 10.8. The first kappa shape index (κ1) is 12.1. The van der Waals surface area contributed by atoms with Gasteiger partial charge in [-0.25, -0.2) is 0 Å². The third-order valence-electron chi connectivity index (χ3n) is 2.38. The number of halogens is 3. The first-order valence-corrected chi connectivity index (χ1v) is 5.04. The van der Waals surface area contributed by atoms with Crippen molar-refractivity contribution in [2.75, 3.05) is 0 Å². The maximum atomic E-state index is 12.5. The van der Waals surface area contributed by atoms with E-state index in [0.29, 0.717) is 16.7 Å². The lowest BCUT2D eigenvalue weighted by molar-refractivity contribution is -0.141. The van der Waals surface area contributed by atoms with E-state index >= 15 is 0 Å². The predicted octanol–water partition coefficient (Wildman–Crippen LogP) is 3.64. The standard InChI is InChI=1S/C13H7F3N2/c14-13(15,16)12-7-11(4-5-18-12)10-3-1-2-9(6-10)8-17/h1-7H. The van der Waals surface area contributed by atoms with E-state index in [4.69, 9.17) is 5.26 Å². The summed E-state index contributed by atoms with van der Waals surface area (Å²) in [5.41, 5.74) is 0.400. The lowest BCUT2D eigenvalue weighted by atomic mass is 10.0. The van der Waals surface area contributed by atoms with Crippen LogP contribution in [0.1, 0.15) is 11.3 Å². The van der Waals surface area contributed by atoms with Crippen molar-refractivity contribution in [1.82, 2.24) is 4.98 Å². The van der Waals surface area contributed by atoms with Crippen LogP contribution in [-0.2, 0) is 6.18 Å². The molecule has 1 heterocycles. The molecular weight excluding hydrogens is 241 g/mol. The SMILES string of the molecule is N#Cc1cccc(-c2ccnc(C(F)(F)F)c2)c1. The molecule has 0 aliphatic heterocycles. The van der Waals surface area contributed by atoms with E-state index in [-0.39, 0.29) is 0 Å². The number of aromatic nitrogens is 1. The molecule has 2 aromatic rings. The number of benzene rings is 1. The zero-order chi connectivity index (χ0) is 13.2. The second kappa shape index (κ2) is 4.49. The molecule has 2 nitrogen and oxygen atoms in total. The molecule has 0 aliphatic rings. The average molecular weight is 248 g/mol. The van der Waals surface area contributed by atoms with Gasteiger partial charge in [0.25, 0.3) is 0 Å². The molecule has 0 bridgehead atoms. The van der Waals surface area contributed by atoms with Crippen LogP contribution >= 0.6 is 0 Å².